The first kappa shape index (κ1) is 20.6. The van der Waals surface area contributed by atoms with Gasteiger partial charge in [0.15, 0.2) is 9.84 Å². The molecule has 138 valence electrons. The van der Waals surface area contributed by atoms with Gasteiger partial charge in [0.05, 0.1) is 15.2 Å². The number of aliphatic carboxylic acids is 1. The van der Waals surface area contributed by atoms with E-state index in [1.54, 1.807) is 13.8 Å². The molecule has 9 nitrogen and oxygen atoms in total. The quantitative estimate of drug-likeness (QED) is 0.521. The Morgan fingerprint density at radius 1 is 1.24 bits per heavy atom. The number of hydrogen-bond donors (Lipinski definition) is 2. The number of nitrogens with one attached hydrogen (secondary N) is 1. The summed E-state index contributed by atoms with van der Waals surface area (Å²) in [4.78, 5) is 33.5. The minimum absolute atomic E-state index is 0.176. The van der Waals surface area contributed by atoms with Gasteiger partial charge in [-0.25, -0.2) is 8.42 Å². The SMILES string of the molecule is CCC(CC)(CNC(=O)c1cc([N+](=O)[O-])cc(S(C)(=O)=O)c1)C(=O)O. The van der Waals surface area contributed by atoms with Crippen LogP contribution in [0.25, 0.3) is 0 Å². The molecule has 0 atom stereocenters. The normalized spacial score (nSPS) is 11.8. The fourth-order valence-electron chi connectivity index (χ4n) is 2.26. The minimum Gasteiger partial charge on any atom is -0.481 e. The molecule has 0 aliphatic heterocycles. The Balaban J connectivity index is 3.19. The Bertz CT molecular complexity index is 798. The van der Waals surface area contributed by atoms with Crippen molar-refractivity contribution >= 4 is 27.4 Å². The highest BCUT2D eigenvalue weighted by molar-refractivity contribution is 7.90. The van der Waals surface area contributed by atoms with Crippen molar-refractivity contribution in [2.75, 3.05) is 12.8 Å². The van der Waals surface area contributed by atoms with Crippen LogP contribution in [0.1, 0.15) is 37.0 Å². The summed E-state index contributed by atoms with van der Waals surface area (Å²) < 4.78 is 23.3. The maximum absolute atomic E-state index is 12.3. The molecule has 1 aromatic rings. The number of carbonyl (C=O) groups is 2. The van der Waals surface area contributed by atoms with E-state index >= 15 is 0 Å². The number of nitro groups is 1. The van der Waals surface area contributed by atoms with Crippen LogP contribution in [0.5, 0.6) is 0 Å². The van der Waals surface area contributed by atoms with Crippen molar-refractivity contribution in [2.45, 2.75) is 31.6 Å². The van der Waals surface area contributed by atoms with E-state index in [2.05, 4.69) is 5.32 Å². The Kier molecular flexibility index (Phi) is 6.25. The van der Waals surface area contributed by atoms with Crippen molar-refractivity contribution < 1.29 is 28.0 Å². The van der Waals surface area contributed by atoms with Crippen LogP contribution in [0.15, 0.2) is 23.1 Å². The van der Waals surface area contributed by atoms with E-state index in [1.165, 1.54) is 0 Å². The molecule has 0 unspecified atom stereocenters. The van der Waals surface area contributed by atoms with E-state index in [0.717, 1.165) is 24.5 Å². The highest BCUT2D eigenvalue weighted by atomic mass is 32.2. The van der Waals surface area contributed by atoms with Gasteiger partial charge in [-0.05, 0) is 18.9 Å². The zero-order valence-electron chi connectivity index (χ0n) is 14.1. The average molecular weight is 372 g/mol. The van der Waals surface area contributed by atoms with Crippen molar-refractivity contribution in [1.82, 2.24) is 5.32 Å². The molecule has 0 spiro atoms. The van der Waals surface area contributed by atoms with Crippen LogP contribution in [0.3, 0.4) is 0 Å². The largest absolute Gasteiger partial charge is 0.481 e. The number of sulfone groups is 1. The van der Waals surface area contributed by atoms with Crippen molar-refractivity contribution in [1.29, 1.82) is 0 Å². The second-order valence-electron chi connectivity index (χ2n) is 5.72. The summed E-state index contributed by atoms with van der Waals surface area (Å²) in [5.74, 6) is -1.84. The number of carboxylic acids is 1. The number of amides is 1. The number of nitro benzene ring substituents is 1. The predicted octanol–water partition coefficient (Wildman–Crippen LogP) is 1.62. The Morgan fingerprint density at radius 3 is 2.20 bits per heavy atom. The van der Waals surface area contributed by atoms with E-state index < -0.39 is 37.7 Å². The topological polar surface area (TPSA) is 144 Å². The van der Waals surface area contributed by atoms with Crippen LogP contribution in [0.4, 0.5) is 5.69 Å². The smallest absolute Gasteiger partial charge is 0.311 e. The summed E-state index contributed by atoms with van der Waals surface area (Å²) in [6.45, 7) is 3.18. The molecule has 0 heterocycles. The predicted molar refractivity (Wildman–Crippen MR) is 89.2 cm³/mol. The Morgan fingerprint density at radius 2 is 1.80 bits per heavy atom. The third kappa shape index (κ3) is 4.75. The Hall–Kier alpha value is -2.49. The van der Waals surface area contributed by atoms with Crippen LogP contribution < -0.4 is 5.32 Å². The molecule has 0 bridgehead atoms. The Labute approximate surface area is 145 Å². The molecule has 25 heavy (non-hydrogen) atoms. The molecule has 2 N–H and O–H groups in total. The molecule has 1 aromatic carbocycles. The summed E-state index contributed by atoms with van der Waals surface area (Å²) >= 11 is 0. The zero-order chi connectivity index (χ0) is 19.4. The average Bonchev–Trinajstić information content (AvgIpc) is 2.54. The van der Waals surface area contributed by atoms with E-state index in [1.807, 2.05) is 0 Å². The van der Waals surface area contributed by atoms with Gasteiger partial charge in [-0.1, -0.05) is 13.8 Å². The van der Waals surface area contributed by atoms with Crippen LogP contribution >= 0.6 is 0 Å². The van der Waals surface area contributed by atoms with Gasteiger partial charge in [-0.15, -0.1) is 0 Å². The van der Waals surface area contributed by atoms with Crippen LogP contribution in [-0.4, -0.2) is 43.1 Å². The van der Waals surface area contributed by atoms with Crippen molar-refractivity contribution in [3.8, 4) is 0 Å². The van der Waals surface area contributed by atoms with Crippen LogP contribution in [0.2, 0.25) is 0 Å². The molecule has 0 saturated heterocycles. The van der Waals surface area contributed by atoms with Gasteiger partial charge in [0.25, 0.3) is 11.6 Å². The molecule has 0 aliphatic carbocycles. The van der Waals surface area contributed by atoms with Crippen molar-refractivity contribution in [3.05, 3.63) is 33.9 Å². The summed E-state index contributed by atoms with van der Waals surface area (Å²) in [6, 6.07) is 2.84. The number of benzene rings is 1. The number of rotatable bonds is 8. The number of nitrogens with zero attached hydrogens (tertiary/aromatic N) is 1. The number of non-ortho nitro benzene ring substituents is 1. The molecule has 0 aliphatic rings. The molecular formula is C15H20N2O7S. The molecule has 1 amide bonds. The van der Waals surface area contributed by atoms with E-state index in [-0.39, 0.29) is 29.8 Å². The van der Waals surface area contributed by atoms with Gasteiger partial charge in [0, 0.05) is 30.5 Å². The molecular weight excluding hydrogens is 352 g/mol. The molecule has 10 heteroatoms. The fraction of sp³-hybridized carbons (Fsp3) is 0.467. The maximum Gasteiger partial charge on any atom is 0.311 e. The van der Waals surface area contributed by atoms with Crippen molar-refractivity contribution in [2.24, 2.45) is 5.41 Å². The summed E-state index contributed by atoms with van der Waals surface area (Å²) in [5, 5.41) is 22.7. The monoisotopic (exact) mass is 372 g/mol. The second kappa shape index (κ2) is 7.60. The van der Waals surface area contributed by atoms with E-state index in [9.17, 15) is 33.2 Å². The molecule has 0 radical (unpaired) electrons. The lowest BCUT2D eigenvalue weighted by Crippen LogP contribution is -2.42. The lowest BCUT2D eigenvalue weighted by molar-refractivity contribution is -0.385. The number of carbonyl (C=O) groups excluding carboxylic acids is 1. The second-order valence-corrected chi connectivity index (χ2v) is 7.74. The number of carboxylic acid groups (broad SMARTS) is 1. The lowest BCUT2D eigenvalue weighted by Gasteiger charge is -2.26. The summed E-state index contributed by atoms with van der Waals surface area (Å²) in [7, 11) is -3.76. The minimum atomic E-state index is -3.76. The maximum atomic E-state index is 12.3. The third-order valence-electron chi connectivity index (χ3n) is 4.19. The van der Waals surface area contributed by atoms with E-state index in [4.69, 9.17) is 0 Å². The van der Waals surface area contributed by atoms with Crippen LogP contribution in [0, 0.1) is 15.5 Å². The number of hydrogen-bond acceptors (Lipinski definition) is 6. The first-order valence-electron chi connectivity index (χ1n) is 7.48. The van der Waals surface area contributed by atoms with Gasteiger partial charge in [0.2, 0.25) is 0 Å². The zero-order valence-corrected chi connectivity index (χ0v) is 14.9. The van der Waals surface area contributed by atoms with Crippen LogP contribution in [-0.2, 0) is 14.6 Å². The van der Waals surface area contributed by atoms with E-state index in [0.29, 0.717) is 0 Å². The molecule has 0 aromatic heterocycles. The summed E-state index contributed by atoms with van der Waals surface area (Å²) in [6.07, 6.45) is 1.43. The standard InChI is InChI=1S/C15H20N2O7S/c1-4-15(5-2,14(19)20)9-16-13(18)10-6-11(17(21)22)8-12(7-10)25(3,23)24/h6-8H,4-5,9H2,1-3H3,(H,16,18)(H,19,20). The highest BCUT2D eigenvalue weighted by Gasteiger charge is 2.35. The fourth-order valence-corrected chi connectivity index (χ4v) is 2.94. The first-order chi connectivity index (χ1) is 11.5. The molecule has 0 fully saturated rings. The van der Waals surface area contributed by atoms with Gasteiger partial charge in [0.1, 0.15) is 0 Å². The highest BCUT2D eigenvalue weighted by Crippen LogP contribution is 2.26. The van der Waals surface area contributed by atoms with Gasteiger partial charge in [-0.3, -0.25) is 19.7 Å². The van der Waals surface area contributed by atoms with Gasteiger partial charge in [-0.2, -0.15) is 0 Å². The first-order valence-corrected chi connectivity index (χ1v) is 9.37. The van der Waals surface area contributed by atoms with Gasteiger partial charge >= 0.3 is 5.97 Å². The lowest BCUT2D eigenvalue weighted by atomic mass is 9.82. The van der Waals surface area contributed by atoms with Gasteiger partial charge < -0.3 is 10.4 Å². The third-order valence-corrected chi connectivity index (χ3v) is 5.28. The molecule has 0 saturated carbocycles. The summed E-state index contributed by atoms with van der Waals surface area (Å²) in [5.41, 5.74) is -1.92. The van der Waals surface area contributed by atoms with Crippen molar-refractivity contribution in [3.63, 3.8) is 0 Å². The molecule has 1 rings (SSSR count).